The molecule has 1 unspecified atom stereocenters. The Morgan fingerprint density at radius 1 is 1.27 bits per heavy atom. The zero-order valence-corrected chi connectivity index (χ0v) is 14.0. The summed E-state index contributed by atoms with van der Waals surface area (Å²) < 4.78 is 40.6. The predicted octanol–water partition coefficient (Wildman–Crippen LogP) is 1.58. The van der Waals surface area contributed by atoms with Crippen LogP contribution in [0.2, 0.25) is 0 Å². The SMILES string of the molecule is O=C(CN1CCNC(=O)C1c1ccc(OC(F)(F)F)cc1)NCC1CC1. The zero-order chi connectivity index (χ0) is 18.7. The summed E-state index contributed by atoms with van der Waals surface area (Å²) in [5.74, 6) is -0.240. The van der Waals surface area contributed by atoms with E-state index in [0.29, 0.717) is 31.1 Å². The van der Waals surface area contributed by atoms with Crippen molar-refractivity contribution in [2.75, 3.05) is 26.2 Å². The number of halogens is 3. The molecule has 2 fully saturated rings. The molecule has 142 valence electrons. The number of ether oxygens (including phenoxy) is 1. The predicted molar refractivity (Wildman–Crippen MR) is 86.2 cm³/mol. The highest BCUT2D eigenvalue weighted by molar-refractivity contribution is 5.85. The zero-order valence-electron chi connectivity index (χ0n) is 14.0. The van der Waals surface area contributed by atoms with Gasteiger partial charge in [-0.2, -0.15) is 0 Å². The number of piperazine rings is 1. The Morgan fingerprint density at radius 3 is 2.58 bits per heavy atom. The van der Waals surface area contributed by atoms with Gasteiger partial charge in [0, 0.05) is 19.6 Å². The molecule has 0 radical (unpaired) electrons. The van der Waals surface area contributed by atoms with Crippen molar-refractivity contribution < 1.29 is 27.5 Å². The first-order valence-corrected chi connectivity index (χ1v) is 8.46. The number of carbonyl (C=O) groups excluding carboxylic acids is 2. The van der Waals surface area contributed by atoms with Crippen molar-refractivity contribution in [3.63, 3.8) is 0 Å². The average Bonchev–Trinajstić information content (AvgIpc) is 3.37. The first-order chi connectivity index (χ1) is 12.3. The highest BCUT2D eigenvalue weighted by Crippen LogP contribution is 2.29. The smallest absolute Gasteiger partial charge is 0.406 e. The van der Waals surface area contributed by atoms with Crippen molar-refractivity contribution >= 4 is 11.8 Å². The molecule has 1 heterocycles. The summed E-state index contributed by atoms with van der Waals surface area (Å²) in [5.41, 5.74) is 0.506. The normalized spacial score (nSPS) is 21.2. The molecule has 1 saturated carbocycles. The molecule has 1 aliphatic carbocycles. The Kier molecular flexibility index (Phi) is 5.36. The van der Waals surface area contributed by atoms with E-state index in [9.17, 15) is 22.8 Å². The summed E-state index contributed by atoms with van der Waals surface area (Å²) in [7, 11) is 0. The monoisotopic (exact) mass is 371 g/mol. The molecule has 0 spiro atoms. The Balaban J connectivity index is 1.67. The Labute approximate surface area is 148 Å². The second kappa shape index (κ2) is 7.53. The Morgan fingerprint density at radius 2 is 1.96 bits per heavy atom. The molecule has 2 aliphatic rings. The first kappa shape index (κ1) is 18.5. The lowest BCUT2D eigenvalue weighted by Gasteiger charge is -2.34. The number of hydrogen-bond donors (Lipinski definition) is 2. The lowest BCUT2D eigenvalue weighted by Crippen LogP contribution is -2.52. The third-order valence-electron chi connectivity index (χ3n) is 4.37. The van der Waals surface area contributed by atoms with Gasteiger partial charge in [0.1, 0.15) is 11.8 Å². The molecule has 1 aliphatic heterocycles. The van der Waals surface area contributed by atoms with Crippen LogP contribution in [0.4, 0.5) is 13.2 Å². The third-order valence-corrected chi connectivity index (χ3v) is 4.37. The molecule has 0 aromatic heterocycles. The van der Waals surface area contributed by atoms with E-state index in [0.717, 1.165) is 25.0 Å². The number of amides is 2. The molecule has 26 heavy (non-hydrogen) atoms. The maximum atomic E-state index is 12.3. The molecular formula is C17H20F3N3O3. The van der Waals surface area contributed by atoms with Gasteiger partial charge in [0.15, 0.2) is 0 Å². The van der Waals surface area contributed by atoms with Gasteiger partial charge in [0.25, 0.3) is 0 Å². The van der Waals surface area contributed by atoms with E-state index >= 15 is 0 Å². The lowest BCUT2D eigenvalue weighted by molar-refractivity contribution is -0.274. The van der Waals surface area contributed by atoms with Crippen LogP contribution in [0, 0.1) is 5.92 Å². The third kappa shape index (κ3) is 5.10. The van der Waals surface area contributed by atoms with Crippen LogP contribution >= 0.6 is 0 Å². The number of benzene rings is 1. The van der Waals surface area contributed by atoms with Crippen molar-refractivity contribution in [1.82, 2.24) is 15.5 Å². The summed E-state index contributed by atoms with van der Waals surface area (Å²) in [6.07, 6.45) is -2.52. The molecule has 1 aromatic carbocycles. The van der Waals surface area contributed by atoms with Gasteiger partial charge < -0.3 is 15.4 Å². The Bertz CT molecular complexity index is 659. The number of rotatable bonds is 6. The lowest BCUT2D eigenvalue weighted by atomic mass is 10.0. The van der Waals surface area contributed by atoms with Crippen molar-refractivity contribution in [1.29, 1.82) is 0 Å². The molecule has 1 atom stereocenters. The summed E-state index contributed by atoms with van der Waals surface area (Å²) in [6, 6.07) is 4.42. The topological polar surface area (TPSA) is 70.7 Å². The van der Waals surface area contributed by atoms with E-state index < -0.39 is 12.4 Å². The summed E-state index contributed by atoms with van der Waals surface area (Å²) in [4.78, 5) is 26.1. The van der Waals surface area contributed by atoms with E-state index in [-0.39, 0.29) is 24.1 Å². The molecule has 3 rings (SSSR count). The molecule has 9 heteroatoms. The van der Waals surface area contributed by atoms with E-state index in [1.54, 1.807) is 4.90 Å². The van der Waals surface area contributed by atoms with Crippen molar-refractivity contribution in [2.24, 2.45) is 5.92 Å². The molecule has 2 amide bonds. The fourth-order valence-corrected chi connectivity index (χ4v) is 2.92. The van der Waals surface area contributed by atoms with Gasteiger partial charge in [0.2, 0.25) is 11.8 Å². The van der Waals surface area contributed by atoms with Gasteiger partial charge in [-0.15, -0.1) is 13.2 Å². The van der Waals surface area contributed by atoms with E-state index in [1.807, 2.05) is 0 Å². The molecule has 1 saturated heterocycles. The molecule has 0 bridgehead atoms. The maximum Gasteiger partial charge on any atom is 0.573 e. The van der Waals surface area contributed by atoms with Gasteiger partial charge in [-0.3, -0.25) is 14.5 Å². The highest BCUT2D eigenvalue weighted by atomic mass is 19.4. The standard InChI is InChI=1S/C17H20F3N3O3/c18-17(19,20)26-13-5-3-12(4-6-13)15-16(25)21-7-8-23(15)10-14(24)22-9-11-1-2-11/h3-6,11,15H,1-2,7-10H2,(H,21,25)(H,22,24). The van der Waals surface area contributed by atoms with E-state index in [2.05, 4.69) is 15.4 Å². The van der Waals surface area contributed by atoms with Crippen LogP contribution < -0.4 is 15.4 Å². The summed E-state index contributed by atoms with van der Waals surface area (Å²) >= 11 is 0. The van der Waals surface area contributed by atoms with Crippen LogP contribution in [0.3, 0.4) is 0 Å². The number of hydrogen-bond acceptors (Lipinski definition) is 4. The van der Waals surface area contributed by atoms with E-state index in [1.165, 1.54) is 12.1 Å². The average molecular weight is 371 g/mol. The van der Waals surface area contributed by atoms with Crippen LogP contribution in [0.15, 0.2) is 24.3 Å². The molecule has 2 N–H and O–H groups in total. The van der Waals surface area contributed by atoms with Crippen molar-refractivity contribution in [3.8, 4) is 5.75 Å². The molecule has 6 nitrogen and oxygen atoms in total. The summed E-state index contributed by atoms with van der Waals surface area (Å²) in [6.45, 7) is 1.60. The van der Waals surface area contributed by atoms with Crippen molar-refractivity contribution in [3.05, 3.63) is 29.8 Å². The van der Waals surface area contributed by atoms with Gasteiger partial charge in [-0.1, -0.05) is 12.1 Å². The van der Waals surface area contributed by atoms with E-state index in [4.69, 9.17) is 0 Å². The van der Waals surface area contributed by atoms with Gasteiger partial charge >= 0.3 is 6.36 Å². The highest BCUT2D eigenvalue weighted by Gasteiger charge is 2.34. The van der Waals surface area contributed by atoms with Crippen LogP contribution in [0.1, 0.15) is 24.4 Å². The second-order valence-electron chi connectivity index (χ2n) is 6.53. The van der Waals surface area contributed by atoms with Crippen LogP contribution in [0.25, 0.3) is 0 Å². The molecule has 1 aromatic rings. The first-order valence-electron chi connectivity index (χ1n) is 8.46. The van der Waals surface area contributed by atoms with Gasteiger partial charge in [-0.05, 0) is 36.5 Å². The minimum atomic E-state index is -4.77. The van der Waals surface area contributed by atoms with Crippen molar-refractivity contribution in [2.45, 2.75) is 25.2 Å². The minimum Gasteiger partial charge on any atom is -0.406 e. The van der Waals surface area contributed by atoms with Crippen LogP contribution in [0.5, 0.6) is 5.75 Å². The number of alkyl halides is 3. The van der Waals surface area contributed by atoms with Gasteiger partial charge in [-0.25, -0.2) is 0 Å². The summed E-state index contributed by atoms with van der Waals surface area (Å²) in [5, 5.41) is 5.58. The van der Waals surface area contributed by atoms with Crippen LogP contribution in [-0.2, 0) is 9.59 Å². The second-order valence-corrected chi connectivity index (χ2v) is 6.53. The van der Waals surface area contributed by atoms with Gasteiger partial charge in [0.05, 0.1) is 6.54 Å². The fourth-order valence-electron chi connectivity index (χ4n) is 2.92. The number of carbonyl (C=O) groups is 2. The largest absolute Gasteiger partial charge is 0.573 e. The fraction of sp³-hybridized carbons (Fsp3) is 0.529. The Hall–Kier alpha value is -2.29. The minimum absolute atomic E-state index is 0.0611. The molecular weight excluding hydrogens is 351 g/mol. The number of nitrogens with zero attached hydrogens (tertiary/aromatic N) is 1. The maximum absolute atomic E-state index is 12.3. The quantitative estimate of drug-likeness (QED) is 0.797. The number of nitrogens with one attached hydrogen (secondary N) is 2. The van der Waals surface area contributed by atoms with Crippen LogP contribution in [-0.4, -0.2) is 49.3 Å².